The minimum atomic E-state index is 0.701. The second-order valence-corrected chi connectivity index (χ2v) is 5.43. The van der Waals surface area contributed by atoms with Crippen LogP contribution in [0.1, 0.15) is 40.9 Å². The normalized spacial score (nSPS) is 15.1. The van der Waals surface area contributed by atoms with Crippen LogP contribution in [0.15, 0.2) is 10.5 Å². The molecule has 1 aromatic heterocycles. The SMILES string of the molecule is Cc1c(CCN)cc(C)c2c3c(oc12)CCCC3. The summed E-state index contributed by atoms with van der Waals surface area (Å²) >= 11 is 0. The van der Waals surface area contributed by atoms with Crippen molar-refractivity contribution in [1.82, 2.24) is 0 Å². The molecule has 0 amide bonds. The van der Waals surface area contributed by atoms with Gasteiger partial charge in [-0.2, -0.15) is 0 Å². The van der Waals surface area contributed by atoms with Crippen molar-refractivity contribution in [2.45, 2.75) is 46.0 Å². The lowest BCUT2D eigenvalue weighted by molar-refractivity contribution is 0.504. The summed E-state index contributed by atoms with van der Waals surface area (Å²) in [5.41, 5.74) is 12.3. The molecule has 2 nitrogen and oxygen atoms in total. The van der Waals surface area contributed by atoms with E-state index in [2.05, 4.69) is 19.9 Å². The number of nitrogens with two attached hydrogens (primary N) is 1. The Labute approximate surface area is 108 Å². The Balaban J connectivity index is 2.28. The molecule has 0 fully saturated rings. The molecule has 0 saturated heterocycles. The first-order valence-electron chi connectivity index (χ1n) is 6.95. The van der Waals surface area contributed by atoms with Gasteiger partial charge in [0.25, 0.3) is 0 Å². The molecule has 1 aliphatic rings. The van der Waals surface area contributed by atoms with Gasteiger partial charge in [0.1, 0.15) is 11.3 Å². The molecule has 0 bridgehead atoms. The van der Waals surface area contributed by atoms with Crippen molar-refractivity contribution in [2.24, 2.45) is 5.73 Å². The van der Waals surface area contributed by atoms with Gasteiger partial charge in [0, 0.05) is 17.4 Å². The fourth-order valence-corrected chi connectivity index (χ4v) is 3.25. The van der Waals surface area contributed by atoms with Gasteiger partial charge in [-0.05, 0) is 62.8 Å². The maximum atomic E-state index is 6.15. The van der Waals surface area contributed by atoms with E-state index in [0.717, 1.165) is 18.4 Å². The van der Waals surface area contributed by atoms with Crippen molar-refractivity contribution in [2.75, 3.05) is 6.54 Å². The number of benzene rings is 1. The maximum Gasteiger partial charge on any atom is 0.138 e. The number of fused-ring (bicyclic) bond motifs is 3. The minimum Gasteiger partial charge on any atom is -0.460 e. The summed E-state index contributed by atoms with van der Waals surface area (Å²) in [6.07, 6.45) is 5.78. The van der Waals surface area contributed by atoms with E-state index < -0.39 is 0 Å². The third kappa shape index (κ3) is 1.67. The third-order valence-electron chi connectivity index (χ3n) is 4.19. The molecule has 3 rings (SSSR count). The molecule has 1 aromatic carbocycles. The van der Waals surface area contributed by atoms with Gasteiger partial charge in [-0.3, -0.25) is 0 Å². The second-order valence-electron chi connectivity index (χ2n) is 5.43. The van der Waals surface area contributed by atoms with Crippen molar-refractivity contribution in [3.05, 3.63) is 34.1 Å². The highest BCUT2D eigenvalue weighted by atomic mass is 16.3. The average molecular weight is 243 g/mol. The summed E-state index contributed by atoms with van der Waals surface area (Å²) in [5.74, 6) is 1.23. The van der Waals surface area contributed by atoms with Gasteiger partial charge < -0.3 is 10.2 Å². The number of hydrogen-bond acceptors (Lipinski definition) is 2. The number of rotatable bonds is 2. The van der Waals surface area contributed by atoms with E-state index in [1.165, 1.54) is 52.7 Å². The fourth-order valence-electron chi connectivity index (χ4n) is 3.25. The zero-order valence-electron chi connectivity index (χ0n) is 11.3. The summed E-state index contributed by atoms with van der Waals surface area (Å²) in [6, 6.07) is 2.30. The topological polar surface area (TPSA) is 39.2 Å². The van der Waals surface area contributed by atoms with Gasteiger partial charge in [0.15, 0.2) is 0 Å². The van der Waals surface area contributed by atoms with Crippen molar-refractivity contribution in [3.8, 4) is 0 Å². The van der Waals surface area contributed by atoms with Crippen LogP contribution in [-0.2, 0) is 19.3 Å². The van der Waals surface area contributed by atoms with Crippen LogP contribution in [0.2, 0.25) is 0 Å². The molecule has 18 heavy (non-hydrogen) atoms. The first-order chi connectivity index (χ1) is 8.72. The molecule has 2 N–H and O–H groups in total. The Morgan fingerprint density at radius 1 is 1.22 bits per heavy atom. The molecule has 2 heteroatoms. The van der Waals surface area contributed by atoms with E-state index in [0.29, 0.717) is 6.54 Å². The lowest BCUT2D eigenvalue weighted by Gasteiger charge is -2.10. The summed E-state index contributed by atoms with van der Waals surface area (Å²) in [4.78, 5) is 0. The Bertz CT molecular complexity index is 595. The molecule has 0 atom stereocenters. The predicted octanol–water partition coefficient (Wildman–Crippen LogP) is 3.43. The molecule has 0 aliphatic heterocycles. The van der Waals surface area contributed by atoms with Crippen molar-refractivity contribution in [1.29, 1.82) is 0 Å². The first kappa shape index (κ1) is 11.8. The minimum absolute atomic E-state index is 0.701. The van der Waals surface area contributed by atoms with E-state index in [-0.39, 0.29) is 0 Å². The van der Waals surface area contributed by atoms with Crippen LogP contribution in [-0.4, -0.2) is 6.54 Å². The van der Waals surface area contributed by atoms with Crippen molar-refractivity contribution in [3.63, 3.8) is 0 Å². The molecule has 2 aromatic rings. The lowest BCUT2D eigenvalue weighted by Crippen LogP contribution is -2.05. The van der Waals surface area contributed by atoms with Crippen molar-refractivity contribution >= 4 is 11.0 Å². The van der Waals surface area contributed by atoms with Crippen LogP contribution in [0.3, 0.4) is 0 Å². The Morgan fingerprint density at radius 3 is 2.78 bits per heavy atom. The Kier molecular flexibility index (Phi) is 2.90. The van der Waals surface area contributed by atoms with Crippen LogP contribution < -0.4 is 5.73 Å². The maximum absolute atomic E-state index is 6.15. The molecule has 0 spiro atoms. The standard InChI is InChI=1S/C16H21NO/c1-10-9-12(7-8-17)11(2)16-15(10)13-5-3-4-6-14(13)18-16/h9H,3-8,17H2,1-2H3. The highest BCUT2D eigenvalue weighted by Crippen LogP contribution is 2.36. The van der Waals surface area contributed by atoms with Crippen LogP contribution in [0.25, 0.3) is 11.0 Å². The Hall–Kier alpha value is -1.28. The zero-order chi connectivity index (χ0) is 12.7. The van der Waals surface area contributed by atoms with Gasteiger partial charge >= 0.3 is 0 Å². The van der Waals surface area contributed by atoms with Gasteiger partial charge in [-0.15, -0.1) is 0 Å². The van der Waals surface area contributed by atoms with Crippen molar-refractivity contribution < 1.29 is 4.42 Å². The molecule has 96 valence electrons. The summed E-state index contributed by atoms with van der Waals surface area (Å²) in [5, 5.41) is 1.38. The van der Waals surface area contributed by atoms with Crippen LogP contribution >= 0.6 is 0 Å². The van der Waals surface area contributed by atoms with Gasteiger partial charge in [-0.1, -0.05) is 6.07 Å². The van der Waals surface area contributed by atoms with Crippen LogP contribution in [0.5, 0.6) is 0 Å². The second kappa shape index (κ2) is 4.43. The van der Waals surface area contributed by atoms with Crippen LogP contribution in [0.4, 0.5) is 0 Å². The fraction of sp³-hybridized carbons (Fsp3) is 0.500. The largest absolute Gasteiger partial charge is 0.460 e. The quantitative estimate of drug-likeness (QED) is 0.877. The number of aryl methyl sites for hydroxylation is 4. The van der Waals surface area contributed by atoms with E-state index in [9.17, 15) is 0 Å². The summed E-state index contributed by atoms with van der Waals surface area (Å²) in [6.45, 7) is 5.07. The smallest absolute Gasteiger partial charge is 0.138 e. The zero-order valence-corrected chi connectivity index (χ0v) is 11.3. The monoisotopic (exact) mass is 243 g/mol. The Morgan fingerprint density at radius 2 is 2.00 bits per heavy atom. The van der Waals surface area contributed by atoms with E-state index in [1.54, 1.807) is 0 Å². The molecule has 0 saturated carbocycles. The molecular weight excluding hydrogens is 222 g/mol. The van der Waals surface area contributed by atoms with Gasteiger partial charge in [0.05, 0.1) is 0 Å². The highest BCUT2D eigenvalue weighted by Gasteiger charge is 2.21. The predicted molar refractivity (Wildman–Crippen MR) is 75.1 cm³/mol. The van der Waals surface area contributed by atoms with Gasteiger partial charge in [0.2, 0.25) is 0 Å². The molecule has 0 radical (unpaired) electrons. The highest BCUT2D eigenvalue weighted by molar-refractivity contribution is 5.89. The van der Waals surface area contributed by atoms with Crippen LogP contribution in [0, 0.1) is 13.8 Å². The van der Waals surface area contributed by atoms with E-state index in [4.69, 9.17) is 10.2 Å². The lowest BCUT2D eigenvalue weighted by atomic mass is 9.91. The molecular formula is C16H21NO. The number of furan rings is 1. The summed E-state index contributed by atoms with van der Waals surface area (Å²) < 4.78 is 6.15. The van der Waals surface area contributed by atoms with E-state index in [1.807, 2.05) is 0 Å². The first-order valence-corrected chi connectivity index (χ1v) is 6.95. The molecule has 0 unspecified atom stereocenters. The average Bonchev–Trinajstić information content (AvgIpc) is 2.76. The third-order valence-corrected chi connectivity index (χ3v) is 4.19. The summed E-state index contributed by atoms with van der Waals surface area (Å²) in [7, 11) is 0. The number of hydrogen-bond donors (Lipinski definition) is 1. The van der Waals surface area contributed by atoms with Gasteiger partial charge in [-0.25, -0.2) is 0 Å². The molecule has 1 aliphatic carbocycles. The molecule has 1 heterocycles. The van der Waals surface area contributed by atoms with E-state index >= 15 is 0 Å².